The monoisotopic (exact) mass is 290 g/mol. The van der Waals surface area contributed by atoms with Gasteiger partial charge in [0.25, 0.3) is 0 Å². The van der Waals surface area contributed by atoms with E-state index in [1.807, 2.05) is 24.3 Å². The molecule has 0 saturated carbocycles. The second-order valence-electron chi connectivity index (χ2n) is 5.75. The molecule has 5 heteroatoms. The van der Waals surface area contributed by atoms with Crippen LogP contribution in [0, 0.1) is 0 Å². The van der Waals surface area contributed by atoms with E-state index in [1.165, 1.54) is 5.56 Å². The Bertz CT molecular complexity index is 460. The molecule has 1 heterocycles. The SMILES string of the molecule is CCNC(C)c1ccc(NC(=O)NC2CCN(C)C2)cc1. The number of urea groups is 1. The van der Waals surface area contributed by atoms with Crippen LogP contribution >= 0.6 is 0 Å². The molecule has 21 heavy (non-hydrogen) atoms. The van der Waals surface area contributed by atoms with Crippen LogP contribution in [0.3, 0.4) is 0 Å². The number of rotatable bonds is 5. The van der Waals surface area contributed by atoms with Gasteiger partial charge < -0.3 is 20.9 Å². The van der Waals surface area contributed by atoms with Crippen molar-refractivity contribution in [3.8, 4) is 0 Å². The second kappa shape index (κ2) is 7.43. The van der Waals surface area contributed by atoms with Gasteiger partial charge >= 0.3 is 6.03 Å². The van der Waals surface area contributed by atoms with Crippen LogP contribution in [-0.4, -0.2) is 43.7 Å². The predicted molar refractivity (Wildman–Crippen MR) is 86.6 cm³/mol. The first-order valence-electron chi connectivity index (χ1n) is 7.68. The number of likely N-dealkylation sites (N-methyl/N-ethyl adjacent to an activating group) is 1. The molecule has 1 fully saturated rings. The number of hydrogen-bond donors (Lipinski definition) is 3. The van der Waals surface area contributed by atoms with E-state index in [2.05, 4.69) is 41.7 Å². The Hall–Kier alpha value is -1.59. The zero-order valence-electron chi connectivity index (χ0n) is 13.1. The molecule has 0 spiro atoms. The Balaban J connectivity index is 1.83. The molecule has 0 aromatic heterocycles. The molecule has 2 rings (SSSR count). The second-order valence-corrected chi connectivity index (χ2v) is 5.75. The Morgan fingerprint density at radius 3 is 2.67 bits per heavy atom. The van der Waals surface area contributed by atoms with Gasteiger partial charge in [0, 0.05) is 24.3 Å². The van der Waals surface area contributed by atoms with Crippen LogP contribution in [0.2, 0.25) is 0 Å². The van der Waals surface area contributed by atoms with E-state index in [-0.39, 0.29) is 12.1 Å². The van der Waals surface area contributed by atoms with Gasteiger partial charge in [0.15, 0.2) is 0 Å². The van der Waals surface area contributed by atoms with Crippen molar-refractivity contribution >= 4 is 11.7 Å². The van der Waals surface area contributed by atoms with Crippen molar-refractivity contribution in [1.29, 1.82) is 0 Å². The summed E-state index contributed by atoms with van der Waals surface area (Å²) in [6.07, 6.45) is 1.02. The minimum atomic E-state index is -0.122. The maximum atomic E-state index is 11.9. The van der Waals surface area contributed by atoms with Gasteiger partial charge in [0.2, 0.25) is 0 Å². The number of anilines is 1. The Morgan fingerprint density at radius 2 is 2.10 bits per heavy atom. The lowest BCUT2D eigenvalue weighted by atomic mass is 10.1. The van der Waals surface area contributed by atoms with E-state index >= 15 is 0 Å². The van der Waals surface area contributed by atoms with Gasteiger partial charge in [-0.1, -0.05) is 19.1 Å². The summed E-state index contributed by atoms with van der Waals surface area (Å²) < 4.78 is 0. The molecule has 116 valence electrons. The lowest BCUT2D eigenvalue weighted by Gasteiger charge is -2.15. The maximum absolute atomic E-state index is 11.9. The van der Waals surface area contributed by atoms with Gasteiger partial charge in [-0.2, -0.15) is 0 Å². The molecule has 1 aliphatic heterocycles. The molecule has 0 radical (unpaired) electrons. The minimum Gasteiger partial charge on any atom is -0.334 e. The molecule has 5 nitrogen and oxygen atoms in total. The summed E-state index contributed by atoms with van der Waals surface area (Å²) in [4.78, 5) is 14.2. The summed E-state index contributed by atoms with van der Waals surface area (Å²) in [5.74, 6) is 0. The van der Waals surface area contributed by atoms with Crippen LogP contribution < -0.4 is 16.0 Å². The van der Waals surface area contributed by atoms with Crippen molar-refractivity contribution in [2.75, 3.05) is 32.0 Å². The number of likely N-dealkylation sites (tertiary alicyclic amines) is 1. The first kappa shape index (κ1) is 15.8. The highest BCUT2D eigenvalue weighted by molar-refractivity contribution is 5.89. The van der Waals surface area contributed by atoms with E-state index in [0.29, 0.717) is 6.04 Å². The van der Waals surface area contributed by atoms with E-state index in [9.17, 15) is 4.79 Å². The lowest BCUT2D eigenvalue weighted by molar-refractivity contribution is 0.248. The molecular weight excluding hydrogens is 264 g/mol. The Kier molecular flexibility index (Phi) is 5.59. The molecular formula is C16H26N4O. The molecule has 1 saturated heterocycles. The Labute approximate surface area is 127 Å². The van der Waals surface area contributed by atoms with Crippen LogP contribution in [0.1, 0.15) is 31.9 Å². The first-order valence-corrected chi connectivity index (χ1v) is 7.68. The first-order chi connectivity index (χ1) is 10.1. The summed E-state index contributed by atoms with van der Waals surface area (Å²) in [6, 6.07) is 8.45. The fourth-order valence-corrected chi connectivity index (χ4v) is 2.68. The van der Waals surface area contributed by atoms with Crippen molar-refractivity contribution in [2.24, 2.45) is 0 Å². The van der Waals surface area contributed by atoms with E-state index in [4.69, 9.17) is 0 Å². The predicted octanol–water partition coefficient (Wildman–Crippen LogP) is 2.18. The van der Waals surface area contributed by atoms with E-state index in [0.717, 1.165) is 31.7 Å². The average Bonchev–Trinajstić information content (AvgIpc) is 2.85. The number of hydrogen-bond acceptors (Lipinski definition) is 3. The average molecular weight is 290 g/mol. The molecule has 2 amide bonds. The van der Waals surface area contributed by atoms with Gasteiger partial charge in [-0.15, -0.1) is 0 Å². The Morgan fingerprint density at radius 1 is 1.38 bits per heavy atom. The van der Waals surface area contributed by atoms with Gasteiger partial charge in [-0.3, -0.25) is 0 Å². The largest absolute Gasteiger partial charge is 0.334 e. The fraction of sp³-hybridized carbons (Fsp3) is 0.562. The third-order valence-electron chi connectivity index (χ3n) is 3.91. The summed E-state index contributed by atoms with van der Waals surface area (Å²) in [6.45, 7) is 7.14. The molecule has 1 aromatic carbocycles. The molecule has 3 N–H and O–H groups in total. The van der Waals surface area contributed by atoms with Crippen molar-refractivity contribution in [1.82, 2.24) is 15.5 Å². The minimum absolute atomic E-state index is 0.122. The molecule has 0 bridgehead atoms. The van der Waals surface area contributed by atoms with Gasteiger partial charge in [-0.05, 0) is 51.2 Å². The van der Waals surface area contributed by atoms with Crippen molar-refractivity contribution in [3.63, 3.8) is 0 Å². The van der Waals surface area contributed by atoms with Crippen LogP contribution in [0.15, 0.2) is 24.3 Å². The highest BCUT2D eigenvalue weighted by Gasteiger charge is 2.20. The quantitative estimate of drug-likeness (QED) is 0.779. The zero-order valence-corrected chi connectivity index (χ0v) is 13.1. The number of benzene rings is 1. The van der Waals surface area contributed by atoms with Crippen LogP contribution in [0.25, 0.3) is 0 Å². The fourth-order valence-electron chi connectivity index (χ4n) is 2.68. The van der Waals surface area contributed by atoms with Crippen molar-refractivity contribution in [3.05, 3.63) is 29.8 Å². The lowest BCUT2D eigenvalue weighted by Crippen LogP contribution is -2.39. The number of amides is 2. The maximum Gasteiger partial charge on any atom is 0.319 e. The standard InChI is InChI=1S/C16H26N4O/c1-4-17-12(2)13-5-7-14(8-6-13)18-16(21)19-15-9-10-20(3)11-15/h5-8,12,15,17H,4,9-11H2,1-3H3,(H2,18,19,21). The molecule has 2 unspecified atom stereocenters. The van der Waals surface area contributed by atoms with Crippen LogP contribution in [-0.2, 0) is 0 Å². The highest BCUT2D eigenvalue weighted by Crippen LogP contribution is 2.16. The molecule has 1 aromatic rings. The summed E-state index contributed by atoms with van der Waals surface area (Å²) in [5, 5.41) is 9.27. The molecule has 0 aliphatic carbocycles. The molecule has 2 atom stereocenters. The summed E-state index contributed by atoms with van der Waals surface area (Å²) >= 11 is 0. The smallest absolute Gasteiger partial charge is 0.319 e. The van der Waals surface area contributed by atoms with Crippen molar-refractivity contribution in [2.45, 2.75) is 32.4 Å². The normalized spacial score (nSPS) is 20.2. The van der Waals surface area contributed by atoms with E-state index in [1.54, 1.807) is 0 Å². The van der Waals surface area contributed by atoms with Crippen LogP contribution in [0.5, 0.6) is 0 Å². The summed E-state index contributed by atoms with van der Waals surface area (Å²) in [7, 11) is 2.07. The van der Waals surface area contributed by atoms with Crippen LogP contribution in [0.4, 0.5) is 10.5 Å². The highest BCUT2D eigenvalue weighted by atomic mass is 16.2. The molecule has 1 aliphatic rings. The van der Waals surface area contributed by atoms with Gasteiger partial charge in [0.05, 0.1) is 0 Å². The number of carbonyl (C=O) groups is 1. The number of carbonyl (C=O) groups excluding carboxylic acids is 1. The van der Waals surface area contributed by atoms with Gasteiger partial charge in [-0.25, -0.2) is 4.79 Å². The van der Waals surface area contributed by atoms with Gasteiger partial charge in [0.1, 0.15) is 0 Å². The third kappa shape index (κ3) is 4.72. The zero-order chi connectivity index (χ0) is 15.2. The number of nitrogens with one attached hydrogen (secondary N) is 3. The topological polar surface area (TPSA) is 56.4 Å². The summed E-state index contributed by atoms with van der Waals surface area (Å²) in [5.41, 5.74) is 2.05. The van der Waals surface area contributed by atoms with E-state index < -0.39 is 0 Å². The number of nitrogens with zero attached hydrogens (tertiary/aromatic N) is 1. The third-order valence-corrected chi connectivity index (χ3v) is 3.91. The van der Waals surface area contributed by atoms with Crippen molar-refractivity contribution < 1.29 is 4.79 Å².